The predicted molar refractivity (Wildman–Crippen MR) is 80.6 cm³/mol. The topological polar surface area (TPSA) is 51.2 Å². The van der Waals surface area contributed by atoms with Gasteiger partial charge in [0.25, 0.3) is 0 Å². The van der Waals surface area contributed by atoms with E-state index in [9.17, 15) is 4.79 Å². The average Bonchev–Trinajstić information content (AvgIpc) is 2.50. The van der Waals surface area contributed by atoms with Crippen LogP contribution in [0.15, 0.2) is 18.3 Å². The first-order chi connectivity index (χ1) is 9.71. The number of esters is 1. The van der Waals surface area contributed by atoms with Gasteiger partial charge >= 0.3 is 5.97 Å². The molecule has 1 aromatic heterocycles. The standard InChI is InChI=1S/C16H26N2O2/c1-4-6-7-13(5-2)10-17-12-15-9-8-14(11-18-15)16(19)20-3/h8-9,11,13,17H,4-7,10,12H2,1-3H3. The maximum Gasteiger partial charge on any atom is 0.339 e. The molecule has 0 saturated heterocycles. The van der Waals surface area contributed by atoms with E-state index in [1.165, 1.54) is 32.8 Å². The van der Waals surface area contributed by atoms with E-state index in [1.54, 1.807) is 12.3 Å². The van der Waals surface area contributed by atoms with Crippen molar-refractivity contribution < 1.29 is 9.53 Å². The number of ether oxygens (including phenoxy) is 1. The number of nitrogens with one attached hydrogen (secondary N) is 1. The molecule has 1 atom stereocenters. The van der Waals surface area contributed by atoms with Crippen molar-refractivity contribution in [2.24, 2.45) is 5.92 Å². The first kappa shape index (κ1) is 16.6. The van der Waals surface area contributed by atoms with Crippen LogP contribution in [0.2, 0.25) is 0 Å². The molecule has 1 aromatic rings. The minimum Gasteiger partial charge on any atom is -0.465 e. The Balaban J connectivity index is 2.36. The van der Waals surface area contributed by atoms with Gasteiger partial charge in [-0.2, -0.15) is 0 Å². The summed E-state index contributed by atoms with van der Waals surface area (Å²) >= 11 is 0. The smallest absolute Gasteiger partial charge is 0.339 e. The molecule has 0 aliphatic carbocycles. The summed E-state index contributed by atoms with van der Waals surface area (Å²) in [6.07, 6.45) is 6.62. The van der Waals surface area contributed by atoms with E-state index >= 15 is 0 Å². The highest BCUT2D eigenvalue weighted by atomic mass is 16.5. The quantitative estimate of drug-likeness (QED) is 0.705. The van der Waals surface area contributed by atoms with Crippen LogP contribution < -0.4 is 5.32 Å². The number of carbonyl (C=O) groups is 1. The van der Waals surface area contributed by atoms with E-state index < -0.39 is 0 Å². The van der Waals surface area contributed by atoms with Gasteiger partial charge < -0.3 is 10.1 Å². The minimum absolute atomic E-state index is 0.345. The Labute approximate surface area is 121 Å². The van der Waals surface area contributed by atoms with Crippen molar-refractivity contribution in [3.63, 3.8) is 0 Å². The Morgan fingerprint density at radius 2 is 2.20 bits per heavy atom. The predicted octanol–water partition coefficient (Wildman–Crippen LogP) is 3.17. The Hall–Kier alpha value is -1.42. The normalized spacial score (nSPS) is 12.2. The molecule has 1 rings (SSSR count). The first-order valence-electron chi connectivity index (χ1n) is 7.45. The molecule has 0 aromatic carbocycles. The second kappa shape index (κ2) is 9.48. The van der Waals surface area contributed by atoms with Gasteiger partial charge in [-0.1, -0.05) is 33.1 Å². The summed E-state index contributed by atoms with van der Waals surface area (Å²) in [6, 6.07) is 3.62. The molecule has 1 heterocycles. The van der Waals surface area contributed by atoms with Gasteiger partial charge in [0.1, 0.15) is 0 Å². The summed E-state index contributed by atoms with van der Waals surface area (Å²) in [5, 5.41) is 3.45. The van der Waals surface area contributed by atoms with Crippen molar-refractivity contribution in [2.45, 2.75) is 46.1 Å². The largest absolute Gasteiger partial charge is 0.465 e. The van der Waals surface area contributed by atoms with Crippen molar-refractivity contribution in [3.8, 4) is 0 Å². The van der Waals surface area contributed by atoms with E-state index in [1.807, 2.05) is 6.07 Å². The van der Waals surface area contributed by atoms with Crippen molar-refractivity contribution in [2.75, 3.05) is 13.7 Å². The number of methoxy groups -OCH3 is 1. The SMILES string of the molecule is CCCCC(CC)CNCc1ccc(C(=O)OC)cn1. The minimum atomic E-state index is -0.345. The van der Waals surface area contributed by atoms with Crippen molar-refractivity contribution in [1.29, 1.82) is 0 Å². The number of nitrogens with zero attached hydrogens (tertiary/aromatic N) is 1. The molecule has 0 saturated carbocycles. The first-order valence-corrected chi connectivity index (χ1v) is 7.45. The van der Waals surface area contributed by atoms with Gasteiger partial charge in [-0.05, 0) is 31.0 Å². The zero-order valence-corrected chi connectivity index (χ0v) is 12.8. The number of pyridine rings is 1. The molecular formula is C16H26N2O2. The lowest BCUT2D eigenvalue weighted by Crippen LogP contribution is -2.22. The fraction of sp³-hybridized carbons (Fsp3) is 0.625. The molecule has 0 aliphatic heterocycles. The molecular weight excluding hydrogens is 252 g/mol. The van der Waals surface area contributed by atoms with E-state index in [2.05, 4.69) is 28.9 Å². The van der Waals surface area contributed by atoms with Gasteiger partial charge in [0, 0.05) is 12.7 Å². The van der Waals surface area contributed by atoms with Crippen LogP contribution in [0.3, 0.4) is 0 Å². The van der Waals surface area contributed by atoms with E-state index in [0.717, 1.165) is 24.7 Å². The maximum atomic E-state index is 11.3. The third-order valence-electron chi connectivity index (χ3n) is 3.53. The molecule has 1 unspecified atom stereocenters. The number of carbonyl (C=O) groups excluding carboxylic acids is 1. The average molecular weight is 278 g/mol. The number of hydrogen-bond donors (Lipinski definition) is 1. The van der Waals surface area contributed by atoms with Gasteiger partial charge in [0.2, 0.25) is 0 Å². The van der Waals surface area contributed by atoms with Crippen LogP contribution in [-0.4, -0.2) is 24.6 Å². The third-order valence-corrected chi connectivity index (χ3v) is 3.53. The van der Waals surface area contributed by atoms with Gasteiger partial charge in [-0.3, -0.25) is 4.98 Å². The van der Waals surface area contributed by atoms with Gasteiger partial charge in [0.15, 0.2) is 0 Å². The molecule has 1 N–H and O–H groups in total. The van der Waals surface area contributed by atoms with Gasteiger partial charge in [-0.15, -0.1) is 0 Å². The lowest BCUT2D eigenvalue weighted by Gasteiger charge is -2.15. The fourth-order valence-electron chi connectivity index (χ4n) is 2.12. The summed E-state index contributed by atoms with van der Waals surface area (Å²) in [5.41, 5.74) is 1.44. The number of unbranched alkanes of at least 4 members (excludes halogenated alkanes) is 1. The van der Waals surface area contributed by atoms with Crippen LogP contribution in [0.1, 0.15) is 55.6 Å². The fourth-order valence-corrected chi connectivity index (χ4v) is 2.12. The summed E-state index contributed by atoms with van der Waals surface area (Å²) in [5.74, 6) is 0.395. The third kappa shape index (κ3) is 5.70. The summed E-state index contributed by atoms with van der Waals surface area (Å²) in [6.45, 7) is 6.24. The van der Waals surface area contributed by atoms with Crippen molar-refractivity contribution in [3.05, 3.63) is 29.6 Å². The summed E-state index contributed by atoms with van der Waals surface area (Å²) in [7, 11) is 1.37. The highest BCUT2D eigenvalue weighted by molar-refractivity contribution is 5.88. The molecule has 0 amide bonds. The van der Waals surface area contributed by atoms with Crippen LogP contribution in [0, 0.1) is 5.92 Å². The summed E-state index contributed by atoms with van der Waals surface area (Å²) < 4.78 is 4.65. The van der Waals surface area contributed by atoms with Crippen LogP contribution in [0.5, 0.6) is 0 Å². The Morgan fingerprint density at radius 3 is 2.75 bits per heavy atom. The van der Waals surface area contributed by atoms with E-state index in [-0.39, 0.29) is 5.97 Å². The van der Waals surface area contributed by atoms with E-state index in [0.29, 0.717) is 5.56 Å². The van der Waals surface area contributed by atoms with Gasteiger partial charge in [0.05, 0.1) is 18.4 Å². The molecule has 0 spiro atoms. The molecule has 0 aliphatic rings. The molecule has 20 heavy (non-hydrogen) atoms. The highest BCUT2D eigenvalue weighted by Crippen LogP contribution is 2.11. The van der Waals surface area contributed by atoms with Crippen molar-refractivity contribution in [1.82, 2.24) is 10.3 Å². The van der Waals surface area contributed by atoms with Crippen LogP contribution >= 0.6 is 0 Å². The molecule has 112 valence electrons. The van der Waals surface area contributed by atoms with Crippen LogP contribution in [-0.2, 0) is 11.3 Å². The molecule has 0 bridgehead atoms. The molecule has 0 radical (unpaired) electrons. The molecule has 4 nitrogen and oxygen atoms in total. The number of rotatable bonds is 9. The number of hydrogen-bond acceptors (Lipinski definition) is 4. The Kier molecular flexibility index (Phi) is 7.88. The van der Waals surface area contributed by atoms with Gasteiger partial charge in [-0.25, -0.2) is 4.79 Å². The Bertz CT molecular complexity index is 390. The van der Waals surface area contributed by atoms with Crippen LogP contribution in [0.4, 0.5) is 0 Å². The number of aromatic nitrogens is 1. The maximum absolute atomic E-state index is 11.3. The zero-order chi connectivity index (χ0) is 14.8. The molecule has 4 heteroatoms. The second-order valence-electron chi connectivity index (χ2n) is 5.08. The second-order valence-corrected chi connectivity index (χ2v) is 5.08. The summed E-state index contributed by atoms with van der Waals surface area (Å²) in [4.78, 5) is 15.6. The lowest BCUT2D eigenvalue weighted by atomic mass is 9.99. The Morgan fingerprint density at radius 1 is 1.40 bits per heavy atom. The highest BCUT2D eigenvalue weighted by Gasteiger charge is 2.07. The van der Waals surface area contributed by atoms with Crippen molar-refractivity contribution >= 4 is 5.97 Å². The molecule has 0 fully saturated rings. The van der Waals surface area contributed by atoms with Crippen LogP contribution in [0.25, 0.3) is 0 Å². The van der Waals surface area contributed by atoms with E-state index in [4.69, 9.17) is 0 Å². The zero-order valence-electron chi connectivity index (χ0n) is 12.8. The lowest BCUT2D eigenvalue weighted by molar-refractivity contribution is 0.0600. The monoisotopic (exact) mass is 278 g/mol.